The summed E-state index contributed by atoms with van der Waals surface area (Å²) in [6, 6.07) is 31.7. The SMILES string of the molecule is C[C@@H](NC(=O)c1ccccc1C(=O)NC1CCC(Nc2cc(N(C)C)c3ccccc3n2)CC1)c1cccc2ccccc12. The van der Waals surface area contributed by atoms with Crippen LogP contribution in [0.3, 0.4) is 0 Å². The van der Waals surface area contributed by atoms with Crippen LogP contribution in [0.4, 0.5) is 11.5 Å². The normalized spacial score (nSPS) is 17.2. The highest BCUT2D eigenvalue weighted by molar-refractivity contribution is 6.07. The van der Waals surface area contributed by atoms with Crippen molar-refractivity contribution in [3.8, 4) is 0 Å². The Morgan fingerprint density at radius 2 is 1.36 bits per heavy atom. The van der Waals surface area contributed by atoms with Gasteiger partial charge in [0.2, 0.25) is 0 Å². The van der Waals surface area contributed by atoms with Gasteiger partial charge in [0, 0.05) is 43.3 Å². The van der Waals surface area contributed by atoms with Gasteiger partial charge in [-0.15, -0.1) is 0 Å². The number of nitrogens with one attached hydrogen (secondary N) is 3. The Kier molecular flexibility index (Phi) is 8.46. The van der Waals surface area contributed by atoms with Gasteiger partial charge < -0.3 is 20.9 Å². The average molecular weight is 586 g/mol. The van der Waals surface area contributed by atoms with Crippen molar-refractivity contribution in [1.29, 1.82) is 0 Å². The van der Waals surface area contributed by atoms with Crippen LogP contribution in [-0.2, 0) is 0 Å². The molecule has 1 aliphatic rings. The molecular formula is C37H39N5O2. The van der Waals surface area contributed by atoms with Crippen LogP contribution in [0.1, 0.15) is 64.9 Å². The van der Waals surface area contributed by atoms with Gasteiger partial charge in [-0.2, -0.15) is 0 Å². The second kappa shape index (κ2) is 12.8. The van der Waals surface area contributed by atoms with E-state index in [0.29, 0.717) is 11.1 Å². The van der Waals surface area contributed by atoms with E-state index in [4.69, 9.17) is 4.98 Å². The molecule has 1 fully saturated rings. The van der Waals surface area contributed by atoms with E-state index >= 15 is 0 Å². The van der Waals surface area contributed by atoms with Crippen molar-refractivity contribution in [3.05, 3.63) is 114 Å². The zero-order valence-electron chi connectivity index (χ0n) is 25.5. The molecule has 0 radical (unpaired) electrons. The van der Waals surface area contributed by atoms with Crippen LogP contribution >= 0.6 is 0 Å². The third-order valence-electron chi connectivity index (χ3n) is 8.64. The lowest BCUT2D eigenvalue weighted by Gasteiger charge is -2.30. The van der Waals surface area contributed by atoms with Gasteiger partial charge in [-0.1, -0.05) is 72.8 Å². The first-order valence-corrected chi connectivity index (χ1v) is 15.4. The number of para-hydroxylation sites is 1. The number of carbonyl (C=O) groups is 2. The van der Waals surface area contributed by atoms with Crippen molar-refractivity contribution in [3.63, 3.8) is 0 Å². The molecule has 0 bridgehead atoms. The topological polar surface area (TPSA) is 86.4 Å². The van der Waals surface area contributed by atoms with Gasteiger partial charge in [0.25, 0.3) is 11.8 Å². The Morgan fingerprint density at radius 3 is 2.11 bits per heavy atom. The van der Waals surface area contributed by atoms with Crippen LogP contribution in [0.2, 0.25) is 0 Å². The predicted molar refractivity (Wildman–Crippen MR) is 179 cm³/mol. The van der Waals surface area contributed by atoms with Crippen molar-refractivity contribution >= 4 is 45.0 Å². The number of carbonyl (C=O) groups excluding carboxylic acids is 2. The Hall–Kier alpha value is -4.91. The van der Waals surface area contributed by atoms with Gasteiger partial charge in [0.05, 0.1) is 22.7 Å². The van der Waals surface area contributed by atoms with E-state index in [-0.39, 0.29) is 29.9 Å². The van der Waals surface area contributed by atoms with E-state index in [2.05, 4.69) is 51.2 Å². The fourth-order valence-electron chi connectivity index (χ4n) is 6.31. The molecule has 0 unspecified atom stereocenters. The predicted octanol–water partition coefficient (Wildman–Crippen LogP) is 7.10. The maximum Gasteiger partial charge on any atom is 0.252 e. The summed E-state index contributed by atoms with van der Waals surface area (Å²) in [5.74, 6) is 0.401. The summed E-state index contributed by atoms with van der Waals surface area (Å²) in [6.07, 6.45) is 3.54. The zero-order chi connectivity index (χ0) is 30.6. The number of amides is 2. The molecule has 1 heterocycles. The van der Waals surface area contributed by atoms with E-state index in [1.165, 1.54) is 0 Å². The molecule has 0 spiro atoms. The molecule has 3 N–H and O–H groups in total. The standard InChI is InChI=1S/C37H39N5O2/c1-24(28-17-10-12-25-11-4-5-13-29(25)28)38-36(43)30-14-6-7-15-31(30)37(44)40-27-21-19-26(20-22-27)39-35-23-34(42(2)3)32-16-8-9-18-33(32)41-35/h4-18,23-24,26-27H,19-22H2,1-3H3,(H,38,43)(H,39,41)(H,40,44)/t24-,26?,27?/m1/s1. The lowest BCUT2D eigenvalue weighted by Crippen LogP contribution is -2.41. The van der Waals surface area contributed by atoms with Crippen molar-refractivity contribution < 1.29 is 9.59 Å². The number of hydrogen-bond acceptors (Lipinski definition) is 5. The largest absolute Gasteiger partial charge is 0.377 e. The first-order chi connectivity index (χ1) is 21.4. The molecule has 1 aliphatic carbocycles. The van der Waals surface area contributed by atoms with E-state index in [9.17, 15) is 9.59 Å². The maximum atomic E-state index is 13.4. The van der Waals surface area contributed by atoms with Crippen LogP contribution < -0.4 is 20.9 Å². The molecule has 2 amide bonds. The second-order valence-corrected chi connectivity index (χ2v) is 11.9. The Balaban J connectivity index is 1.08. The van der Waals surface area contributed by atoms with Gasteiger partial charge in [0.1, 0.15) is 5.82 Å². The number of pyridine rings is 1. The quantitative estimate of drug-likeness (QED) is 0.181. The van der Waals surface area contributed by atoms with E-state index in [0.717, 1.165) is 64.4 Å². The molecule has 0 saturated heterocycles. The van der Waals surface area contributed by atoms with Crippen molar-refractivity contribution in [2.45, 2.75) is 50.7 Å². The van der Waals surface area contributed by atoms with Crippen LogP contribution in [0.25, 0.3) is 21.7 Å². The molecule has 6 rings (SSSR count). The summed E-state index contributed by atoms with van der Waals surface area (Å²) in [6.45, 7) is 1.98. The minimum Gasteiger partial charge on any atom is -0.377 e. The van der Waals surface area contributed by atoms with Crippen molar-refractivity contribution in [1.82, 2.24) is 15.6 Å². The lowest BCUT2D eigenvalue weighted by atomic mass is 9.90. The van der Waals surface area contributed by atoms with Crippen molar-refractivity contribution in [2.24, 2.45) is 0 Å². The van der Waals surface area contributed by atoms with E-state index in [1.807, 2.05) is 63.5 Å². The lowest BCUT2D eigenvalue weighted by molar-refractivity contribution is 0.0897. The molecule has 1 atom stereocenters. The third kappa shape index (κ3) is 6.23. The first kappa shape index (κ1) is 29.2. The van der Waals surface area contributed by atoms with Gasteiger partial charge >= 0.3 is 0 Å². The van der Waals surface area contributed by atoms with Crippen LogP contribution in [0, 0.1) is 0 Å². The molecule has 0 aliphatic heterocycles. The van der Waals surface area contributed by atoms with Gasteiger partial charge in [0.15, 0.2) is 0 Å². The first-order valence-electron chi connectivity index (χ1n) is 15.4. The van der Waals surface area contributed by atoms with Crippen LogP contribution in [-0.4, -0.2) is 43.0 Å². The molecule has 1 aromatic heterocycles. The molecular weight excluding hydrogens is 546 g/mol. The summed E-state index contributed by atoms with van der Waals surface area (Å²) >= 11 is 0. The van der Waals surface area contributed by atoms with Crippen LogP contribution in [0.5, 0.6) is 0 Å². The van der Waals surface area contributed by atoms with E-state index < -0.39 is 0 Å². The average Bonchev–Trinajstić information content (AvgIpc) is 3.04. The van der Waals surface area contributed by atoms with Gasteiger partial charge in [-0.3, -0.25) is 9.59 Å². The molecule has 7 nitrogen and oxygen atoms in total. The van der Waals surface area contributed by atoms with Crippen LogP contribution in [0.15, 0.2) is 97.1 Å². The molecule has 44 heavy (non-hydrogen) atoms. The summed E-state index contributed by atoms with van der Waals surface area (Å²) in [7, 11) is 4.10. The zero-order valence-corrected chi connectivity index (χ0v) is 25.5. The van der Waals surface area contributed by atoms with Gasteiger partial charge in [-0.25, -0.2) is 4.98 Å². The van der Waals surface area contributed by atoms with Crippen molar-refractivity contribution in [2.75, 3.05) is 24.3 Å². The van der Waals surface area contributed by atoms with Gasteiger partial charge in [-0.05, 0) is 67.1 Å². The fourth-order valence-corrected chi connectivity index (χ4v) is 6.31. The number of rotatable bonds is 8. The molecule has 5 aromatic rings. The smallest absolute Gasteiger partial charge is 0.252 e. The van der Waals surface area contributed by atoms with E-state index in [1.54, 1.807) is 24.3 Å². The highest BCUT2D eigenvalue weighted by Crippen LogP contribution is 2.30. The summed E-state index contributed by atoms with van der Waals surface area (Å²) < 4.78 is 0. The number of hydrogen-bond donors (Lipinski definition) is 3. The highest BCUT2D eigenvalue weighted by Gasteiger charge is 2.25. The minimum atomic E-state index is -0.260. The second-order valence-electron chi connectivity index (χ2n) is 11.9. The molecule has 4 aromatic carbocycles. The number of aromatic nitrogens is 1. The number of nitrogens with zero attached hydrogens (tertiary/aromatic N) is 2. The Labute approximate surface area is 258 Å². The summed E-state index contributed by atoms with van der Waals surface area (Å²) in [5.41, 5.74) is 3.92. The summed E-state index contributed by atoms with van der Waals surface area (Å²) in [4.78, 5) is 33.9. The number of benzene rings is 4. The number of anilines is 2. The molecule has 224 valence electrons. The Morgan fingerprint density at radius 1 is 0.750 bits per heavy atom. The number of fused-ring (bicyclic) bond motifs is 2. The summed E-state index contributed by atoms with van der Waals surface area (Å²) in [5, 5.41) is 13.3. The third-order valence-corrected chi connectivity index (χ3v) is 8.64. The highest BCUT2D eigenvalue weighted by atomic mass is 16.2. The molecule has 7 heteroatoms. The maximum absolute atomic E-state index is 13.4. The minimum absolute atomic E-state index is 0.0492. The fraction of sp³-hybridized carbons (Fsp3) is 0.270. The monoisotopic (exact) mass is 585 g/mol. The molecule has 1 saturated carbocycles. The Bertz CT molecular complexity index is 1800.